The fraction of sp³-hybridized carbons (Fsp3) is 0.471. The molecule has 0 spiro atoms. The summed E-state index contributed by atoms with van der Waals surface area (Å²) in [6.45, 7) is 0.747. The highest BCUT2D eigenvalue weighted by Crippen LogP contribution is 2.18. The smallest absolute Gasteiger partial charge is 0.255 e. The molecule has 0 radical (unpaired) electrons. The standard InChI is InChI=1S/C17H20FN3O3S/c1-25-9-10-2-4-11(5-3-10)15(22)19-12-7-21(8-12)17(24)14-6-13(18)16(23)20-14/h2-5,12-14H,6-9H2,1H3,(H,19,22)(H,20,23)/t13-,14+/m1/s1. The molecule has 8 heteroatoms. The van der Waals surface area contributed by atoms with Crippen LogP contribution < -0.4 is 10.6 Å². The molecule has 2 fully saturated rings. The quantitative estimate of drug-likeness (QED) is 0.806. The summed E-state index contributed by atoms with van der Waals surface area (Å²) in [5, 5.41) is 5.23. The van der Waals surface area contributed by atoms with Gasteiger partial charge in [-0.05, 0) is 24.0 Å². The van der Waals surface area contributed by atoms with Gasteiger partial charge in [0.05, 0.1) is 6.04 Å². The third kappa shape index (κ3) is 3.95. The van der Waals surface area contributed by atoms with Crippen molar-refractivity contribution >= 4 is 29.5 Å². The first-order valence-electron chi connectivity index (χ1n) is 8.10. The Morgan fingerprint density at radius 2 is 2.00 bits per heavy atom. The number of carbonyl (C=O) groups excluding carboxylic acids is 3. The summed E-state index contributed by atoms with van der Waals surface area (Å²) < 4.78 is 13.2. The second-order valence-corrected chi connectivity index (χ2v) is 7.17. The van der Waals surface area contributed by atoms with E-state index in [4.69, 9.17) is 0 Å². The number of hydrogen-bond acceptors (Lipinski definition) is 4. The van der Waals surface area contributed by atoms with E-state index in [9.17, 15) is 18.8 Å². The molecule has 2 saturated heterocycles. The van der Waals surface area contributed by atoms with Crippen LogP contribution in [0, 0.1) is 0 Å². The number of amides is 3. The van der Waals surface area contributed by atoms with E-state index in [0.717, 1.165) is 11.3 Å². The molecule has 3 amide bonds. The highest BCUT2D eigenvalue weighted by molar-refractivity contribution is 7.97. The Hall–Kier alpha value is -2.09. The summed E-state index contributed by atoms with van der Waals surface area (Å²) in [4.78, 5) is 37.0. The molecule has 6 nitrogen and oxygen atoms in total. The third-order valence-electron chi connectivity index (χ3n) is 4.40. The number of rotatable bonds is 5. The lowest BCUT2D eigenvalue weighted by Crippen LogP contribution is -2.63. The second-order valence-electron chi connectivity index (χ2n) is 6.31. The van der Waals surface area contributed by atoms with Crippen molar-refractivity contribution in [3.05, 3.63) is 35.4 Å². The molecule has 2 aliphatic heterocycles. The second kappa shape index (κ2) is 7.43. The summed E-state index contributed by atoms with van der Waals surface area (Å²) in [5.74, 6) is -0.293. The summed E-state index contributed by atoms with van der Waals surface area (Å²) in [7, 11) is 0. The van der Waals surface area contributed by atoms with Crippen LogP contribution in [0.25, 0.3) is 0 Å². The van der Waals surface area contributed by atoms with Crippen LogP contribution in [0.3, 0.4) is 0 Å². The van der Waals surface area contributed by atoms with Gasteiger partial charge in [-0.15, -0.1) is 0 Å². The Labute approximate surface area is 149 Å². The summed E-state index contributed by atoms with van der Waals surface area (Å²) >= 11 is 1.72. The van der Waals surface area contributed by atoms with Crippen LogP contribution in [0.1, 0.15) is 22.3 Å². The minimum absolute atomic E-state index is 0.117. The van der Waals surface area contributed by atoms with Crippen molar-refractivity contribution in [2.75, 3.05) is 19.3 Å². The van der Waals surface area contributed by atoms with E-state index in [2.05, 4.69) is 10.6 Å². The largest absolute Gasteiger partial charge is 0.346 e. The fourth-order valence-electron chi connectivity index (χ4n) is 2.96. The van der Waals surface area contributed by atoms with Crippen LogP contribution >= 0.6 is 11.8 Å². The number of hydrogen-bond donors (Lipinski definition) is 2. The van der Waals surface area contributed by atoms with Gasteiger partial charge in [0.25, 0.3) is 11.8 Å². The zero-order valence-electron chi connectivity index (χ0n) is 13.8. The van der Waals surface area contributed by atoms with Gasteiger partial charge in [-0.2, -0.15) is 11.8 Å². The zero-order chi connectivity index (χ0) is 18.0. The number of halogens is 1. The third-order valence-corrected chi connectivity index (χ3v) is 5.02. The fourth-order valence-corrected chi connectivity index (χ4v) is 3.48. The predicted molar refractivity (Wildman–Crippen MR) is 92.9 cm³/mol. The lowest BCUT2D eigenvalue weighted by atomic mass is 10.0. The Bertz CT molecular complexity index is 676. The first kappa shape index (κ1) is 17.7. The van der Waals surface area contributed by atoms with Gasteiger partial charge in [-0.1, -0.05) is 12.1 Å². The maximum absolute atomic E-state index is 13.2. The SMILES string of the molecule is CSCc1ccc(C(=O)NC2CN(C(=O)[C@@H]3C[C@@H](F)C(=O)N3)C2)cc1. The molecule has 0 bridgehead atoms. The Morgan fingerprint density at radius 1 is 1.32 bits per heavy atom. The van der Waals surface area contributed by atoms with Crippen LogP contribution in [0.4, 0.5) is 4.39 Å². The van der Waals surface area contributed by atoms with Crippen molar-refractivity contribution in [1.82, 2.24) is 15.5 Å². The highest BCUT2D eigenvalue weighted by atomic mass is 32.2. The first-order valence-corrected chi connectivity index (χ1v) is 9.49. The maximum Gasteiger partial charge on any atom is 0.255 e. The predicted octanol–water partition coefficient (Wildman–Crippen LogP) is 0.717. The van der Waals surface area contributed by atoms with E-state index >= 15 is 0 Å². The topological polar surface area (TPSA) is 78.5 Å². The van der Waals surface area contributed by atoms with Crippen LogP contribution in [-0.4, -0.2) is 60.2 Å². The van der Waals surface area contributed by atoms with Crippen LogP contribution in [0.5, 0.6) is 0 Å². The molecule has 25 heavy (non-hydrogen) atoms. The molecule has 2 aliphatic rings. The Morgan fingerprint density at radius 3 is 2.56 bits per heavy atom. The zero-order valence-corrected chi connectivity index (χ0v) is 14.6. The van der Waals surface area contributed by atoms with E-state index in [-0.39, 0.29) is 24.3 Å². The highest BCUT2D eigenvalue weighted by Gasteiger charge is 2.41. The summed E-state index contributed by atoms with van der Waals surface area (Å²) in [5.41, 5.74) is 1.74. The van der Waals surface area contributed by atoms with Crippen LogP contribution in [0.15, 0.2) is 24.3 Å². The number of carbonyl (C=O) groups is 3. The lowest BCUT2D eigenvalue weighted by molar-refractivity contribution is -0.138. The first-order chi connectivity index (χ1) is 12.0. The van der Waals surface area contributed by atoms with Gasteiger partial charge in [0, 0.05) is 30.8 Å². The van der Waals surface area contributed by atoms with E-state index in [1.807, 2.05) is 18.4 Å². The normalized spacial score (nSPS) is 23.1. The number of nitrogens with zero attached hydrogens (tertiary/aromatic N) is 1. The van der Waals surface area contributed by atoms with Crippen LogP contribution in [-0.2, 0) is 15.3 Å². The van der Waals surface area contributed by atoms with Crippen molar-refractivity contribution < 1.29 is 18.8 Å². The molecule has 134 valence electrons. The van der Waals surface area contributed by atoms with Crippen LogP contribution in [0.2, 0.25) is 0 Å². The monoisotopic (exact) mass is 365 g/mol. The molecule has 2 N–H and O–H groups in total. The van der Waals surface area contributed by atoms with Gasteiger partial charge in [-0.25, -0.2) is 4.39 Å². The molecular formula is C17H20FN3O3S. The molecule has 2 heterocycles. The summed E-state index contributed by atoms with van der Waals surface area (Å²) in [6.07, 6.45) is 0.294. The molecule has 1 aromatic rings. The van der Waals surface area contributed by atoms with Gasteiger partial charge in [0.15, 0.2) is 6.17 Å². The van der Waals surface area contributed by atoms with Crippen molar-refractivity contribution in [2.45, 2.75) is 30.4 Å². The number of thioether (sulfide) groups is 1. The molecule has 0 aromatic heterocycles. The average Bonchev–Trinajstić information content (AvgIpc) is 2.90. The van der Waals surface area contributed by atoms with Gasteiger partial charge in [0.2, 0.25) is 5.91 Å². The lowest BCUT2D eigenvalue weighted by Gasteiger charge is -2.40. The van der Waals surface area contributed by atoms with Gasteiger partial charge >= 0.3 is 0 Å². The molecular weight excluding hydrogens is 345 g/mol. The van der Waals surface area contributed by atoms with Crippen molar-refractivity contribution in [3.63, 3.8) is 0 Å². The molecule has 3 rings (SSSR count). The molecule has 0 saturated carbocycles. The van der Waals surface area contributed by atoms with E-state index in [1.54, 1.807) is 23.9 Å². The minimum atomic E-state index is -1.61. The average molecular weight is 365 g/mol. The Kier molecular flexibility index (Phi) is 5.27. The molecule has 2 atom stereocenters. The summed E-state index contributed by atoms with van der Waals surface area (Å²) in [6, 6.07) is 6.52. The minimum Gasteiger partial charge on any atom is -0.346 e. The van der Waals surface area contributed by atoms with Gasteiger partial charge < -0.3 is 15.5 Å². The van der Waals surface area contributed by atoms with E-state index in [1.165, 1.54) is 4.90 Å². The Balaban J connectivity index is 1.46. The maximum atomic E-state index is 13.2. The van der Waals surface area contributed by atoms with Crippen molar-refractivity contribution in [3.8, 4) is 0 Å². The van der Waals surface area contributed by atoms with Crippen molar-refractivity contribution in [2.24, 2.45) is 0 Å². The number of nitrogens with one attached hydrogen (secondary N) is 2. The number of alkyl halides is 1. The molecule has 0 aliphatic carbocycles. The van der Waals surface area contributed by atoms with E-state index in [0.29, 0.717) is 18.7 Å². The van der Waals surface area contributed by atoms with Gasteiger partial charge in [0.1, 0.15) is 6.04 Å². The number of benzene rings is 1. The molecule has 0 unspecified atom stereocenters. The van der Waals surface area contributed by atoms with Crippen molar-refractivity contribution in [1.29, 1.82) is 0 Å². The van der Waals surface area contributed by atoms with E-state index < -0.39 is 18.1 Å². The molecule has 1 aromatic carbocycles. The van der Waals surface area contributed by atoms with Gasteiger partial charge in [-0.3, -0.25) is 14.4 Å². The number of likely N-dealkylation sites (tertiary alicyclic amines) is 1.